The van der Waals surface area contributed by atoms with Crippen LogP contribution in [0, 0.1) is 0 Å². The minimum absolute atomic E-state index is 0.00901. The summed E-state index contributed by atoms with van der Waals surface area (Å²) in [6, 6.07) is 10.3. The first-order chi connectivity index (χ1) is 12.2. The third-order valence-electron chi connectivity index (χ3n) is 5.18. The predicted octanol–water partition coefficient (Wildman–Crippen LogP) is 2.29. The summed E-state index contributed by atoms with van der Waals surface area (Å²) in [4.78, 5) is 17.2. The molecule has 0 radical (unpaired) electrons. The number of aromatic nitrogens is 2. The van der Waals surface area contributed by atoms with Gasteiger partial charge >= 0.3 is 0 Å². The topological polar surface area (TPSA) is 53.4 Å². The zero-order valence-corrected chi connectivity index (χ0v) is 14.7. The van der Waals surface area contributed by atoms with Crippen molar-refractivity contribution in [3.63, 3.8) is 0 Å². The van der Waals surface area contributed by atoms with Crippen LogP contribution >= 0.6 is 0 Å². The van der Waals surface area contributed by atoms with E-state index < -0.39 is 0 Å². The minimum Gasteiger partial charge on any atom is -0.373 e. The summed E-state index contributed by atoms with van der Waals surface area (Å²) >= 11 is 0. The second-order valence-electron chi connectivity index (χ2n) is 6.90. The Labute approximate surface area is 148 Å². The van der Waals surface area contributed by atoms with Gasteiger partial charge in [0.15, 0.2) is 5.69 Å². The molecule has 1 N–H and O–H groups in total. The van der Waals surface area contributed by atoms with Crippen molar-refractivity contribution in [3.05, 3.63) is 42.2 Å². The standard InChI is InChI=1S/C19H25N5O/c1-22-11-5-12-23(18-8-3-2-7-17(18)22)19(25)16-9-13-24(21-16)15-6-4-10-20-14-15/h2-3,7-9,13,15,20H,4-6,10-12,14H2,1H3. The lowest BCUT2D eigenvalue weighted by molar-refractivity contribution is 0.0981. The van der Waals surface area contributed by atoms with E-state index >= 15 is 0 Å². The van der Waals surface area contributed by atoms with Crippen molar-refractivity contribution in [2.45, 2.75) is 25.3 Å². The third kappa shape index (κ3) is 3.14. The Morgan fingerprint density at radius 2 is 2.00 bits per heavy atom. The Balaban J connectivity index is 1.60. The van der Waals surface area contributed by atoms with Crippen molar-refractivity contribution in [2.24, 2.45) is 0 Å². The highest BCUT2D eigenvalue weighted by Gasteiger charge is 2.26. The second-order valence-corrected chi connectivity index (χ2v) is 6.90. The van der Waals surface area contributed by atoms with Crippen LogP contribution in [0.15, 0.2) is 36.5 Å². The normalized spacial score (nSPS) is 20.9. The van der Waals surface area contributed by atoms with Crippen LogP contribution in [0.4, 0.5) is 11.4 Å². The number of amides is 1. The van der Waals surface area contributed by atoms with E-state index in [0.29, 0.717) is 11.7 Å². The number of carbonyl (C=O) groups excluding carboxylic acids is 1. The summed E-state index contributed by atoms with van der Waals surface area (Å²) in [6.07, 6.45) is 5.16. The van der Waals surface area contributed by atoms with Crippen LogP contribution in [0.3, 0.4) is 0 Å². The smallest absolute Gasteiger partial charge is 0.278 e. The molecule has 1 amide bonds. The summed E-state index contributed by atoms with van der Waals surface area (Å²) in [7, 11) is 2.08. The zero-order valence-electron chi connectivity index (χ0n) is 14.7. The molecule has 4 rings (SSSR count). The first-order valence-electron chi connectivity index (χ1n) is 9.12. The van der Waals surface area contributed by atoms with Crippen molar-refractivity contribution in [1.82, 2.24) is 15.1 Å². The molecule has 1 saturated heterocycles. The van der Waals surface area contributed by atoms with Crippen molar-refractivity contribution in [2.75, 3.05) is 43.0 Å². The highest BCUT2D eigenvalue weighted by Crippen LogP contribution is 2.32. The molecular weight excluding hydrogens is 314 g/mol. The molecule has 25 heavy (non-hydrogen) atoms. The monoisotopic (exact) mass is 339 g/mol. The quantitative estimate of drug-likeness (QED) is 0.912. The van der Waals surface area contributed by atoms with E-state index in [-0.39, 0.29) is 5.91 Å². The van der Waals surface area contributed by atoms with Gasteiger partial charge in [-0.25, -0.2) is 0 Å². The maximum absolute atomic E-state index is 13.1. The number of fused-ring (bicyclic) bond motifs is 1. The summed E-state index contributed by atoms with van der Waals surface area (Å²) in [5.41, 5.74) is 2.61. The summed E-state index contributed by atoms with van der Waals surface area (Å²) in [5, 5.41) is 8.00. The van der Waals surface area contributed by atoms with Crippen LogP contribution in [0.5, 0.6) is 0 Å². The van der Waals surface area contributed by atoms with E-state index in [9.17, 15) is 4.79 Å². The molecule has 1 unspecified atom stereocenters. The van der Waals surface area contributed by atoms with Gasteiger partial charge in [-0.05, 0) is 44.0 Å². The van der Waals surface area contributed by atoms with Gasteiger partial charge in [0.2, 0.25) is 0 Å². The number of anilines is 2. The molecular formula is C19H25N5O. The number of nitrogens with zero attached hydrogens (tertiary/aromatic N) is 4. The molecule has 1 fully saturated rings. The molecule has 1 atom stereocenters. The molecule has 132 valence electrons. The van der Waals surface area contributed by atoms with Crippen LogP contribution in [0.25, 0.3) is 0 Å². The first-order valence-corrected chi connectivity index (χ1v) is 9.12. The van der Waals surface area contributed by atoms with Crippen LogP contribution < -0.4 is 15.1 Å². The second kappa shape index (κ2) is 6.88. The fourth-order valence-corrected chi connectivity index (χ4v) is 3.79. The van der Waals surface area contributed by atoms with Gasteiger partial charge in [-0.3, -0.25) is 9.48 Å². The van der Waals surface area contributed by atoms with Gasteiger partial charge in [0.1, 0.15) is 0 Å². The first kappa shape index (κ1) is 16.1. The van der Waals surface area contributed by atoms with E-state index in [2.05, 4.69) is 28.4 Å². The molecule has 0 spiro atoms. The van der Waals surface area contributed by atoms with Gasteiger partial charge in [-0.2, -0.15) is 5.10 Å². The number of hydrogen-bond donors (Lipinski definition) is 1. The fourth-order valence-electron chi connectivity index (χ4n) is 3.79. The Morgan fingerprint density at radius 3 is 2.80 bits per heavy atom. The fraction of sp³-hybridized carbons (Fsp3) is 0.474. The average Bonchev–Trinajstić information content (AvgIpc) is 3.09. The Bertz CT molecular complexity index is 750. The lowest BCUT2D eigenvalue weighted by atomic mass is 10.1. The molecule has 3 heterocycles. The lowest BCUT2D eigenvalue weighted by Crippen LogP contribution is -2.33. The van der Waals surface area contributed by atoms with Crippen LogP contribution in [0.2, 0.25) is 0 Å². The van der Waals surface area contributed by atoms with Crippen LogP contribution in [-0.4, -0.2) is 48.9 Å². The minimum atomic E-state index is -0.00901. The Kier molecular flexibility index (Phi) is 4.44. The molecule has 6 heteroatoms. The number of nitrogens with one attached hydrogen (secondary N) is 1. The van der Waals surface area contributed by atoms with E-state index in [1.807, 2.05) is 40.0 Å². The predicted molar refractivity (Wildman–Crippen MR) is 99.4 cm³/mol. The van der Waals surface area contributed by atoms with Gasteiger partial charge in [-0.1, -0.05) is 12.1 Å². The SMILES string of the molecule is CN1CCCN(C(=O)c2ccn(C3CCCNC3)n2)c2ccccc21. The van der Waals surface area contributed by atoms with E-state index in [1.54, 1.807) is 0 Å². The van der Waals surface area contributed by atoms with Crippen molar-refractivity contribution in [1.29, 1.82) is 0 Å². The summed E-state index contributed by atoms with van der Waals surface area (Å²) < 4.78 is 1.95. The number of benzene rings is 1. The molecule has 2 aliphatic heterocycles. The zero-order chi connectivity index (χ0) is 17.2. The van der Waals surface area contributed by atoms with Gasteiger partial charge in [0, 0.05) is 32.9 Å². The van der Waals surface area contributed by atoms with Crippen LogP contribution in [0.1, 0.15) is 35.8 Å². The maximum Gasteiger partial charge on any atom is 0.278 e. The van der Waals surface area contributed by atoms with Crippen molar-refractivity contribution >= 4 is 17.3 Å². The number of rotatable bonds is 2. The Morgan fingerprint density at radius 1 is 1.16 bits per heavy atom. The molecule has 6 nitrogen and oxygen atoms in total. The van der Waals surface area contributed by atoms with Crippen molar-refractivity contribution < 1.29 is 4.79 Å². The van der Waals surface area contributed by atoms with E-state index in [0.717, 1.165) is 56.8 Å². The van der Waals surface area contributed by atoms with Crippen molar-refractivity contribution in [3.8, 4) is 0 Å². The number of piperidine rings is 1. The van der Waals surface area contributed by atoms with Crippen LogP contribution in [-0.2, 0) is 0 Å². The molecule has 1 aromatic heterocycles. The van der Waals surface area contributed by atoms with Gasteiger partial charge in [0.05, 0.1) is 17.4 Å². The average molecular weight is 339 g/mol. The lowest BCUT2D eigenvalue weighted by Gasteiger charge is -2.24. The summed E-state index contributed by atoms with van der Waals surface area (Å²) in [5.74, 6) is -0.00901. The summed E-state index contributed by atoms with van der Waals surface area (Å²) in [6.45, 7) is 3.66. The van der Waals surface area contributed by atoms with Gasteiger partial charge < -0.3 is 15.1 Å². The van der Waals surface area contributed by atoms with Gasteiger partial charge in [-0.15, -0.1) is 0 Å². The largest absolute Gasteiger partial charge is 0.373 e. The maximum atomic E-state index is 13.1. The Hall–Kier alpha value is -2.34. The molecule has 0 saturated carbocycles. The van der Waals surface area contributed by atoms with Gasteiger partial charge in [0.25, 0.3) is 5.91 Å². The molecule has 0 bridgehead atoms. The molecule has 2 aromatic rings. The number of para-hydroxylation sites is 2. The van der Waals surface area contributed by atoms with E-state index in [1.165, 1.54) is 0 Å². The molecule has 2 aliphatic rings. The number of carbonyl (C=O) groups is 1. The molecule has 1 aromatic carbocycles. The highest BCUT2D eigenvalue weighted by molar-refractivity contribution is 6.06. The third-order valence-corrected chi connectivity index (χ3v) is 5.18. The molecule has 0 aliphatic carbocycles. The van der Waals surface area contributed by atoms with E-state index in [4.69, 9.17) is 0 Å². The number of hydrogen-bond acceptors (Lipinski definition) is 4. The highest BCUT2D eigenvalue weighted by atomic mass is 16.2.